The molecule has 1 fully saturated rings. The number of ether oxygens (including phenoxy) is 3. The van der Waals surface area contributed by atoms with E-state index in [0.717, 1.165) is 0 Å². The van der Waals surface area contributed by atoms with Crippen LogP contribution in [0.5, 0.6) is 11.8 Å². The van der Waals surface area contributed by atoms with Crippen LogP contribution in [0.25, 0.3) is 0 Å². The number of anilines is 1. The van der Waals surface area contributed by atoms with Gasteiger partial charge in [0, 0.05) is 7.05 Å². The van der Waals surface area contributed by atoms with Crippen molar-refractivity contribution in [3.8, 4) is 11.8 Å². The zero-order valence-electron chi connectivity index (χ0n) is 11.6. The molecule has 0 bridgehead atoms. The fourth-order valence-electron chi connectivity index (χ4n) is 2.07. The molecule has 1 aliphatic rings. The Morgan fingerprint density at radius 2 is 1.95 bits per heavy atom. The van der Waals surface area contributed by atoms with Gasteiger partial charge in [-0.25, -0.2) is 0 Å². The second-order valence-electron chi connectivity index (χ2n) is 4.41. The number of carboxylic acid groups (broad SMARTS) is 1. The topological polar surface area (TPSA) is 94.0 Å². The van der Waals surface area contributed by atoms with Crippen LogP contribution in [0.1, 0.15) is 0 Å². The third-order valence-corrected chi connectivity index (χ3v) is 3.27. The SMILES string of the molecule is COc1cc(OC)nc(N(C)C2COCC2C(=O)O)n1. The van der Waals surface area contributed by atoms with Gasteiger partial charge in [0.2, 0.25) is 17.7 Å². The summed E-state index contributed by atoms with van der Waals surface area (Å²) in [6.45, 7) is 0.502. The number of nitrogens with zero attached hydrogens (tertiary/aromatic N) is 3. The van der Waals surface area contributed by atoms with Crippen molar-refractivity contribution >= 4 is 11.9 Å². The molecule has 1 aromatic rings. The van der Waals surface area contributed by atoms with Gasteiger partial charge in [0.15, 0.2) is 0 Å². The van der Waals surface area contributed by atoms with Crippen molar-refractivity contribution in [1.29, 1.82) is 0 Å². The number of hydrogen-bond acceptors (Lipinski definition) is 7. The predicted molar refractivity (Wildman–Crippen MR) is 69.3 cm³/mol. The third-order valence-electron chi connectivity index (χ3n) is 3.27. The summed E-state index contributed by atoms with van der Waals surface area (Å²) in [5, 5.41) is 9.18. The van der Waals surface area contributed by atoms with Gasteiger partial charge in [0.1, 0.15) is 5.92 Å². The van der Waals surface area contributed by atoms with Gasteiger partial charge in [0.05, 0.1) is 39.5 Å². The fraction of sp³-hybridized carbons (Fsp3) is 0.583. The van der Waals surface area contributed by atoms with Crippen LogP contribution < -0.4 is 14.4 Å². The second-order valence-corrected chi connectivity index (χ2v) is 4.41. The number of aliphatic carboxylic acids is 1. The molecule has 2 heterocycles. The number of methoxy groups -OCH3 is 2. The molecular formula is C12H17N3O5. The smallest absolute Gasteiger partial charge is 0.311 e. The van der Waals surface area contributed by atoms with E-state index in [1.54, 1.807) is 18.0 Å². The maximum Gasteiger partial charge on any atom is 0.311 e. The first-order valence-corrected chi connectivity index (χ1v) is 6.07. The third kappa shape index (κ3) is 2.74. The van der Waals surface area contributed by atoms with Gasteiger partial charge in [-0.15, -0.1) is 0 Å². The average molecular weight is 283 g/mol. The van der Waals surface area contributed by atoms with Gasteiger partial charge < -0.3 is 24.2 Å². The minimum Gasteiger partial charge on any atom is -0.481 e. The lowest BCUT2D eigenvalue weighted by Gasteiger charge is -2.26. The van der Waals surface area contributed by atoms with E-state index in [1.807, 2.05) is 0 Å². The highest BCUT2D eigenvalue weighted by atomic mass is 16.5. The lowest BCUT2D eigenvalue weighted by atomic mass is 10.0. The highest BCUT2D eigenvalue weighted by Crippen LogP contribution is 2.25. The van der Waals surface area contributed by atoms with Gasteiger partial charge in [-0.2, -0.15) is 9.97 Å². The molecule has 0 aromatic carbocycles. The van der Waals surface area contributed by atoms with Crippen molar-refractivity contribution in [3.63, 3.8) is 0 Å². The largest absolute Gasteiger partial charge is 0.481 e. The molecule has 8 nitrogen and oxygen atoms in total. The van der Waals surface area contributed by atoms with E-state index in [9.17, 15) is 9.90 Å². The number of rotatable bonds is 5. The molecule has 2 atom stereocenters. The summed E-state index contributed by atoms with van der Waals surface area (Å²) in [7, 11) is 4.71. The van der Waals surface area contributed by atoms with Crippen LogP contribution in [0.4, 0.5) is 5.95 Å². The van der Waals surface area contributed by atoms with Gasteiger partial charge in [0.25, 0.3) is 0 Å². The molecule has 0 amide bonds. The maximum atomic E-state index is 11.2. The van der Waals surface area contributed by atoms with Gasteiger partial charge in [-0.05, 0) is 0 Å². The average Bonchev–Trinajstić information content (AvgIpc) is 2.95. The van der Waals surface area contributed by atoms with E-state index in [0.29, 0.717) is 24.3 Å². The Morgan fingerprint density at radius 3 is 2.45 bits per heavy atom. The quantitative estimate of drug-likeness (QED) is 0.809. The number of carboxylic acids is 1. The first kappa shape index (κ1) is 14.3. The van der Waals surface area contributed by atoms with E-state index in [4.69, 9.17) is 14.2 Å². The molecule has 1 N–H and O–H groups in total. The first-order valence-electron chi connectivity index (χ1n) is 6.07. The molecule has 2 rings (SSSR count). The number of aromatic nitrogens is 2. The van der Waals surface area contributed by atoms with Gasteiger partial charge in [-0.3, -0.25) is 4.79 Å². The summed E-state index contributed by atoms with van der Waals surface area (Å²) in [5.41, 5.74) is 0. The number of carbonyl (C=O) groups is 1. The van der Waals surface area contributed by atoms with E-state index < -0.39 is 11.9 Å². The number of likely N-dealkylation sites (N-methyl/N-ethyl adjacent to an activating group) is 1. The molecule has 110 valence electrons. The van der Waals surface area contributed by atoms with Crippen LogP contribution in [0.3, 0.4) is 0 Å². The van der Waals surface area contributed by atoms with Crippen molar-refractivity contribution in [2.75, 3.05) is 39.4 Å². The van der Waals surface area contributed by atoms with Crippen LogP contribution in [0.2, 0.25) is 0 Å². The van der Waals surface area contributed by atoms with Crippen molar-refractivity contribution < 1.29 is 24.1 Å². The highest BCUT2D eigenvalue weighted by Gasteiger charge is 2.37. The standard InChI is InChI=1S/C12H17N3O5/c1-15(8-6-20-5-7(8)11(16)17)12-13-9(18-2)4-10(14-12)19-3/h4,7-8H,5-6H2,1-3H3,(H,16,17). The van der Waals surface area contributed by atoms with Crippen LogP contribution in [-0.2, 0) is 9.53 Å². The monoisotopic (exact) mass is 283 g/mol. The zero-order valence-corrected chi connectivity index (χ0v) is 11.6. The Bertz CT molecular complexity index is 474. The molecule has 0 aliphatic carbocycles. The summed E-state index contributed by atoms with van der Waals surface area (Å²) in [6, 6.07) is 1.22. The maximum absolute atomic E-state index is 11.2. The Morgan fingerprint density at radius 1 is 1.35 bits per heavy atom. The van der Waals surface area contributed by atoms with E-state index in [2.05, 4.69) is 9.97 Å². The molecule has 0 saturated carbocycles. The Hall–Kier alpha value is -2.09. The van der Waals surface area contributed by atoms with Crippen molar-refractivity contribution in [2.24, 2.45) is 5.92 Å². The molecule has 1 aliphatic heterocycles. The van der Waals surface area contributed by atoms with Gasteiger partial charge in [-0.1, -0.05) is 0 Å². The summed E-state index contributed by atoms with van der Waals surface area (Å²) in [5.74, 6) is -0.466. The summed E-state index contributed by atoms with van der Waals surface area (Å²) >= 11 is 0. The molecule has 20 heavy (non-hydrogen) atoms. The van der Waals surface area contributed by atoms with E-state index >= 15 is 0 Å². The van der Waals surface area contributed by atoms with Crippen LogP contribution >= 0.6 is 0 Å². The molecule has 1 aromatic heterocycles. The van der Waals surface area contributed by atoms with E-state index in [1.165, 1.54) is 14.2 Å². The lowest BCUT2D eigenvalue weighted by molar-refractivity contribution is -0.141. The summed E-state index contributed by atoms with van der Waals surface area (Å²) in [6.07, 6.45) is 0. The normalized spacial score (nSPS) is 21.6. The van der Waals surface area contributed by atoms with Crippen LogP contribution in [-0.4, -0.2) is 61.6 Å². The molecule has 0 radical (unpaired) electrons. The summed E-state index contributed by atoms with van der Waals surface area (Å²) < 4.78 is 15.4. The second kappa shape index (κ2) is 5.91. The Labute approximate surface area is 116 Å². The molecule has 2 unspecified atom stereocenters. The fourth-order valence-corrected chi connectivity index (χ4v) is 2.07. The Kier molecular flexibility index (Phi) is 4.23. The molecule has 1 saturated heterocycles. The highest BCUT2D eigenvalue weighted by molar-refractivity contribution is 5.72. The molecular weight excluding hydrogens is 266 g/mol. The van der Waals surface area contributed by atoms with Crippen LogP contribution in [0, 0.1) is 5.92 Å². The Balaban J connectivity index is 2.28. The van der Waals surface area contributed by atoms with E-state index in [-0.39, 0.29) is 12.6 Å². The minimum atomic E-state index is -0.894. The predicted octanol–water partition coefficient (Wildman–Crippen LogP) is 0.0296. The zero-order chi connectivity index (χ0) is 14.7. The van der Waals surface area contributed by atoms with Crippen molar-refractivity contribution in [3.05, 3.63) is 6.07 Å². The van der Waals surface area contributed by atoms with Crippen molar-refractivity contribution in [2.45, 2.75) is 6.04 Å². The lowest BCUT2D eigenvalue weighted by Crippen LogP contribution is -2.41. The van der Waals surface area contributed by atoms with Gasteiger partial charge >= 0.3 is 5.97 Å². The minimum absolute atomic E-state index is 0.186. The first-order chi connectivity index (χ1) is 9.56. The van der Waals surface area contributed by atoms with Crippen LogP contribution in [0.15, 0.2) is 6.07 Å². The number of hydrogen-bond donors (Lipinski definition) is 1. The van der Waals surface area contributed by atoms with Crippen molar-refractivity contribution in [1.82, 2.24) is 9.97 Å². The molecule has 0 spiro atoms. The summed E-state index contributed by atoms with van der Waals surface area (Å²) in [4.78, 5) is 21.3. The molecule has 8 heteroatoms.